The van der Waals surface area contributed by atoms with E-state index in [1.165, 1.54) is 36.8 Å². The Morgan fingerprint density at radius 1 is 1.17 bits per heavy atom. The van der Waals surface area contributed by atoms with E-state index in [1.54, 1.807) is 5.56 Å². The Bertz CT molecular complexity index is 400. The number of hydrogen-bond acceptors (Lipinski definition) is 1. The molecule has 0 unspecified atom stereocenters. The third kappa shape index (κ3) is 2.61. The predicted molar refractivity (Wildman–Crippen MR) is 79.2 cm³/mol. The Labute approximate surface area is 112 Å². The largest absolute Gasteiger partial charge is 0.319 e. The van der Waals surface area contributed by atoms with Gasteiger partial charge in [0.2, 0.25) is 0 Å². The van der Waals surface area contributed by atoms with Crippen LogP contribution in [0.1, 0.15) is 49.3 Å². The van der Waals surface area contributed by atoms with Crippen molar-refractivity contribution in [3.05, 3.63) is 34.9 Å². The lowest BCUT2D eigenvalue weighted by Crippen LogP contribution is -2.40. The normalized spacial score (nSPS) is 28.3. The maximum atomic E-state index is 3.43. The van der Waals surface area contributed by atoms with Gasteiger partial charge in [-0.1, -0.05) is 25.1 Å². The van der Waals surface area contributed by atoms with Crippen LogP contribution in [0.3, 0.4) is 0 Å². The Balaban J connectivity index is 2.31. The van der Waals surface area contributed by atoms with Gasteiger partial charge in [-0.05, 0) is 69.2 Å². The summed E-state index contributed by atoms with van der Waals surface area (Å²) >= 11 is 0. The van der Waals surface area contributed by atoms with Crippen LogP contribution >= 0.6 is 0 Å². The molecule has 1 heteroatoms. The molecule has 0 heterocycles. The molecule has 0 bridgehead atoms. The van der Waals surface area contributed by atoms with E-state index in [9.17, 15) is 0 Å². The fourth-order valence-corrected chi connectivity index (χ4v) is 3.29. The van der Waals surface area contributed by atoms with Gasteiger partial charge < -0.3 is 5.32 Å². The summed E-state index contributed by atoms with van der Waals surface area (Å²) in [6.07, 6.45) is 5.40. The minimum absolute atomic E-state index is 0.375. The molecule has 0 aromatic heterocycles. The highest BCUT2D eigenvalue weighted by atomic mass is 14.8. The summed E-state index contributed by atoms with van der Waals surface area (Å²) in [5.41, 5.74) is 4.76. The molecule has 100 valence electrons. The van der Waals surface area contributed by atoms with Crippen molar-refractivity contribution < 1.29 is 0 Å². The van der Waals surface area contributed by atoms with Crippen molar-refractivity contribution in [3.63, 3.8) is 0 Å². The Morgan fingerprint density at radius 3 is 2.39 bits per heavy atom. The first-order valence-corrected chi connectivity index (χ1v) is 7.30. The molecule has 2 rings (SSSR count). The highest BCUT2D eigenvalue weighted by Gasteiger charge is 2.35. The lowest BCUT2D eigenvalue weighted by atomic mass is 9.66. The van der Waals surface area contributed by atoms with E-state index in [0.717, 1.165) is 12.5 Å². The van der Waals surface area contributed by atoms with Gasteiger partial charge in [-0.25, -0.2) is 0 Å². The van der Waals surface area contributed by atoms with E-state index in [-0.39, 0.29) is 0 Å². The second-order valence-electron chi connectivity index (χ2n) is 6.29. The van der Waals surface area contributed by atoms with Crippen molar-refractivity contribution >= 4 is 0 Å². The van der Waals surface area contributed by atoms with Crippen LogP contribution in [0.5, 0.6) is 0 Å². The number of hydrogen-bond donors (Lipinski definition) is 1. The van der Waals surface area contributed by atoms with Gasteiger partial charge in [-0.2, -0.15) is 0 Å². The lowest BCUT2D eigenvalue weighted by molar-refractivity contribution is 0.237. The monoisotopic (exact) mass is 245 g/mol. The molecular formula is C17H27N. The van der Waals surface area contributed by atoms with Crippen LogP contribution in [-0.4, -0.2) is 13.6 Å². The van der Waals surface area contributed by atoms with E-state index in [4.69, 9.17) is 0 Å². The van der Waals surface area contributed by atoms with Gasteiger partial charge in [0, 0.05) is 12.0 Å². The number of aryl methyl sites for hydroxylation is 2. The summed E-state index contributed by atoms with van der Waals surface area (Å²) in [5.74, 6) is 0.904. The van der Waals surface area contributed by atoms with Crippen LogP contribution in [0.4, 0.5) is 0 Å². The molecule has 0 spiro atoms. The van der Waals surface area contributed by atoms with Crippen LogP contribution in [0.15, 0.2) is 18.2 Å². The van der Waals surface area contributed by atoms with E-state index < -0.39 is 0 Å². The Morgan fingerprint density at radius 2 is 1.83 bits per heavy atom. The second kappa shape index (κ2) is 5.44. The highest BCUT2D eigenvalue weighted by molar-refractivity contribution is 5.35. The third-order valence-electron chi connectivity index (χ3n) is 4.87. The number of likely N-dealkylation sites (N-methyl/N-ethyl adjacent to an activating group) is 1. The topological polar surface area (TPSA) is 12.0 Å². The van der Waals surface area contributed by atoms with Crippen molar-refractivity contribution in [2.75, 3.05) is 13.6 Å². The first-order valence-electron chi connectivity index (χ1n) is 7.30. The zero-order valence-electron chi connectivity index (χ0n) is 12.3. The molecule has 1 aliphatic carbocycles. The van der Waals surface area contributed by atoms with Crippen molar-refractivity contribution in [2.24, 2.45) is 5.92 Å². The van der Waals surface area contributed by atoms with Crippen LogP contribution in [0.2, 0.25) is 0 Å². The Kier molecular flexibility index (Phi) is 4.11. The molecule has 0 radical (unpaired) electrons. The van der Waals surface area contributed by atoms with Crippen molar-refractivity contribution in [3.8, 4) is 0 Å². The van der Waals surface area contributed by atoms with E-state index in [2.05, 4.69) is 51.3 Å². The molecule has 1 saturated carbocycles. The SMILES string of the molecule is CNCC1(c2ccc(C)c(C)c2)CCC(C)CC1. The molecule has 1 fully saturated rings. The standard InChI is InChI=1S/C17H27N/c1-13-7-9-17(10-8-13,12-18-4)16-6-5-14(2)15(3)11-16/h5-6,11,13,18H,7-10,12H2,1-4H3. The molecule has 1 N–H and O–H groups in total. The average Bonchev–Trinajstić information content (AvgIpc) is 2.36. The van der Waals surface area contributed by atoms with Crippen molar-refractivity contribution in [1.82, 2.24) is 5.32 Å². The summed E-state index contributed by atoms with van der Waals surface area (Å²) in [4.78, 5) is 0. The summed E-state index contributed by atoms with van der Waals surface area (Å²) in [7, 11) is 2.08. The minimum atomic E-state index is 0.375. The quantitative estimate of drug-likeness (QED) is 0.849. The smallest absolute Gasteiger partial charge is 0.00779 e. The van der Waals surface area contributed by atoms with Crippen LogP contribution in [0, 0.1) is 19.8 Å². The van der Waals surface area contributed by atoms with Gasteiger partial charge >= 0.3 is 0 Å². The van der Waals surface area contributed by atoms with Crippen LogP contribution < -0.4 is 5.32 Å². The molecule has 1 aliphatic rings. The molecule has 18 heavy (non-hydrogen) atoms. The number of rotatable bonds is 3. The molecule has 0 amide bonds. The molecule has 1 aromatic carbocycles. The Hall–Kier alpha value is -0.820. The first kappa shape index (κ1) is 13.6. The number of nitrogens with one attached hydrogen (secondary N) is 1. The van der Waals surface area contributed by atoms with Gasteiger partial charge in [0.1, 0.15) is 0 Å². The number of benzene rings is 1. The van der Waals surface area contributed by atoms with E-state index in [1.807, 2.05) is 0 Å². The van der Waals surface area contributed by atoms with E-state index >= 15 is 0 Å². The minimum Gasteiger partial charge on any atom is -0.319 e. The molecule has 1 nitrogen and oxygen atoms in total. The first-order chi connectivity index (χ1) is 8.57. The van der Waals surface area contributed by atoms with Gasteiger partial charge in [0.25, 0.3) is 0 Å². The molecule has 1 aromatic rings. The fourth-order valence-electron chi connectivity index (χ4n) is 3.29. The molecular weight excluding hydrogens is 218 g/mol. The summed E-state index contributed by atoms with van der Waals surface area (Å²) in [6.45, 7) is 7.94. The maximum absolute atomic E-state index is 3.43. The second-order valence-corrected chi connectivity index (χ2v) is 6.29. The van der Waals surface area contributed by atoms with Gasteiger partial charge in [0.05, 0.1) is 0 Å². The molecule has 0 aliphatic heterocycles. The highest BCUT2D eigenvalue weighted by Crippen LogP contribution is 2.41. The maximum Gasteiger partial charge on any atom is 0.00779 e. The summed E-state index contributed by atoms with van der Waals surface area (Å²) in [6, 6.07) is 7.07. The van der Waals surface area contributed by atoms with Crippen molar-refractivity contribution in [1.29, 1.82) is 0 Å². The lowest BCUT2D eigenvalue weighted by Gasteiger charge is -2.40. The fraction of sp³-hybridized carbons (Fsp3) is 0.647. The predicted octanol–water partition coefficient (Wildman–Crippen LogP) is 3.97. The van der Waals surface area contributed by atoms with Crippen molar-refractivity contribution in [2.45, 2.75) is 51.9 Å². The zero-order chi connectivity index (χ0) is 13.2. The average molecular weight is 245 g/mol. The molecule has 0 saturated heterocycles. The van der Waals surface area contributed by atoms with Crippen LogP contribution in [0.25, 0.3) is 0 Å². The van der Waals surface area contributed by atoms with Gasteiger partial charge in [-0.3, -0.25) is 0 Å². The summed E-state index contributed by atoms with van der Waals surface area (Å²) in [5, 5.41) is 3.43. The summed E-state index contributed by atoms with van der Waals surface area (Å²) < 4.78 is 0. The third-order valence-corrected chi connectivity index (χ3v) is 4.87. The van der Waals surface area contributed by atoms with E-state index in [0.29, 0.717) is 5.41 Å². The zero-order valence-corrected chi connectivity index (χ0v) is 12.3. The van der Waals surface area contributed by atoms with Gasteiger partial charge in [0.15, 0.2) is 0 Å². The molecule has 0 atom stereocenters. The van der Waals surface area contributed by atoms with Crippen LogP contribution in [-0.2, 0) is 5.41 Å². The van der Waals surface area contributed by atoms with Gasteiger partial charge in [-0.15, -0.1) is 0 Å².